The highest BCUT2D eigenvalue weighted by molar-refractivity contribution is 5.95. The molecule has 1 saturated carbocycles. The highest BCUT2D eigenvalue weighted by atomic mass is 19.1. The van der Waals surface area contributed by atoms with Crippen LogP contribution in [0.5, 0.6) is 0 Å². The van der Waals surface area contributed by atoms with E-state index in [1.807, 2.05) is 6.92 Å². The Morgan fingerprint density at radius 1 is 1.62 bits per heavy atom. The van der Waals surface area contributed by atoms with Gasteiger partial charge in [-0.1, -0.05) is 13.0 Å². The standard InChI is InChI=1S/C12H11FN2O/c1-7-5-8(7)12(16)15-11-4-2-3-10(13)9(11)6-14/h2-4,7-8H,5H2,1H3,(H,15,16). The monoisotopic (exact) mass is 218 g/mol. The molecular weight excluding hydrogens is 207 g/mol. The summed E-state index contributed by atoms with van der Waals surface area (Å²) >= 11 is 0. The lowest BCUT2D eigenvalue weighted by Gasteiger charge is -2.06. The van der Waals surface area contributed by atoms with Gasteiger partial charge in [-0.3, -0.25) is 4.79 Å². The molecule has 0 aliphatic heterocycles. The maximum atomic E-state index is 13.2. The van der Waals surface area contributed by atoms with Crippen molar-refractivity contribution in [2.75, 3.05) is 5.32 Å². The smallest absolute Gasteiger partial charge is 0.227 e. The van der Waals surface area contributed by atoms with E-state index >= 15 is 0 Å². The Hall–Kier alpha value is -1.89. The number of nitrogens with zero attached hydrogens (tertiary/aromatic N) is 1. The van der Waals surface area contributed by atoms with Crippen molar-refractivity contribution in [3.05, 3.63) is 29.6 Å². The zero-order valence-electron chi connectivity index (χ0n) is 8.83. The lowest BCUT2D eigenvalue weighted by molar-refractivity contribution is -0.117. The van der Waals surface area contributed by atoms with Gasteiger partial charge in [-0.25, -0.2) is 4.39 Å². The minimum absolute atomic E-state index is 0.00908. The van der Waals surface area contributed by atoms with Crippen LogP contribution in [0.3, 0.4) is 0 Å². The fourth-order valence-electron chi connectivity index (χ4n) is 1.65. The molecule has 1 aromatic rings. The number of carbonyl (C=O) groups is 1. The van der Waals surface area contributed by atoms with Crippen molar-refractivity contribution < 1.29 is 9.18 Å². The molecule has 1 amide bonds. The van der Waals surface area contributed by atoms with Crippen LogP contribution in [0.4, 0.5) is 10.1 Å². The van der Waals surface area contributed by atoms with Crippen LogP contribution in [-0.2, 0) is 4.79 Å². The number of rotatable bonds is 2. The highest BCUT2D eigenvalue weighted by Crippen LogP contribution is 2.38. The first-order valence-electron chi connectivity index (χ1n) is 5.13. The summed E-state index contributed by atoms with van der Waals surface area (Å²) < 4.78 is 13.2. The van der Waals surface area contributed by atoms with Crippen LogP contribution in [0.25, 0.3) is 0 Å². The summed E-state index contributed by atoms with van der Waals surface area (Å²) in [6.45, 7) is 1.99. The number of hydrogen-bond donors (Lipinski definition) is 1. The fraction of sp³-hybridized carbons (Fsp3) is 0.333. The van der Waals surface area contributed by atoms with Crippen LogP contribution in [0, 0.1) is 29.0 Å². The van der Waals surface area contributed by atoms with Gasteiger partial charge in [-0.2, -0.15) is 5.26 Å². The molecule has 2 unspecified atom stereocenters. The molecule has 1 aliphatic rings. The maximum absolute atomic E-state index is 13.2. The fourth-order valence-corrected chi connectivity index (χ4v) is 1.65. The molecule has 0 saturated heterocycles. The van der Waals surface area contributed by atoms with Crippen molar-refractivity contribution in [3.63, 3.8) is 0 Å². The van der Waals surface area contributed by atoms with E-state index in [2.05, 4.69) is 5.32 Å². The Labute approximate surface area is 92.9 Å². The van der Waals surface area contributed by atoms with Gasteiger partial charge in [0.2, 0.25) is 5.91 Å². The third-order valence-electron chi connectivity index (χ3n) is 2.83. The number of benzene rings is 1. The molecule has 2 atom stereocenters. The average molecular weight is 218 g/mol. The zero-order chi connectivity index (χ0) is 11.7. The zero-order valence-corrected chi connectivity index (χ0v) is 8.83. The van der Waals surface area contributed by atoms with Crippen molar-refractivity contribution in [1.82, 2.24) is 0 Å². The van der Waals surface area contributed by atoms with Crippen LogP contribution in [-0.4, -0.2) is 5.91 Å². The summed E-state index contributed by atoms with van der Waals surface area (Å²) in [7, 11) is 0. The summed E-state index contributed by atoms with van der Waals surface area (Å²) in [5, 5.41) is 11.4. The summed E-state index contributed by atoms with van der Waals surface area (Å²) in [6, 6.07) is 5.96. The second kappa shape index (κ2) is 3.93. The normalized spacial score (nSPS) is 22.3. The van der Waals surface area contributed by atoms with Crippen LogP contribution in [0.2, 0.25) is 0 Å². The highest BCUT2D eigenvalue weighted by Gasteiger charge is 2.39. The Morgan fingerprint density at radius 3 is 2.88 bits per heavy atom. The molecule has 0 radical (unpaired) electrons. The topological polar surface area (TPSA) is 52.9 Å². The molecule has 0 heterocycles. The van der Waals surface area contributed by atoms with Gasteiger partial charge in [0, 0.05) is 5.92 Å². The molecule has 1 aliphatic carbocycles. The minimum Gasteiger partial charge on any atom is -0.325 e. The molecule has 82 valence electrons. The quantitative estimate of drug-likeness (QED) is 0.828. The van der Waals surface area contributed by atoms with E-state index in [-0.39, 0.29) is 23.1 Å². The van der Waals surface area contributed by atoms with Crippen LogP contribution in [0.1, 0.15) is 18.9 Å². The van der Waals surface area contributed by atoms with E-state index in [0.717, 1.165) is 6.42 Å². The molecule has 0 spiro atoms. The summed E-state index contributed by atoms with van der Waals surface area (Å²) in [4.78, 5) is 11.6. The van der Waals surface area contributed by atoms with Gasteiger partial charge in [0.15, 0.2) is 0 Å². The van der Waals surface area contributed by atoms with Crippen LogP contribution < -0.4 is 5.32 Å². The Kier molecular flexibility index (Phi) is 2.61. The number of nitrogens with one attached hydrogen (secondary N) is 1. The van der Waals surface area contributed by atoms with Crippen molar-refractivity contribution in [2.45, 2.75) is 13.3 Å². The van der Waals surface area contributed by atoms with E-state index in [4.69, 9.17) is 5.26 Å². The van der Waals surface area contributed by atoms with Gasteiger partial charge >= 0.3 is 0 Å². The van der Waals surface area contributed by atoms with E-state index < -0.39 is 5.82 Å². The van der Waals surface area contributed by atoms with Gasteiger partial charge < -0.3 is 5.32 Å². The second-order valence-electron chi connectivity index (χ2n) is 4.08. The lowest BCUT2D eigenvalue weighted by Crippen LogP contribution is -2.15. The SMILES string of the molecule is CC1CC1C(=O)Nc1cccc(F)c1C#N. The lowest BCUT2D eigenvalue weighted by atomic mass is 10.1. The van der Waals surface area contributed by atoms with E-state index in [1.165, 1.54) is 18.2 Å². The molecule has 1 fully saturated rings. The molecule has 4 heteroatoms. The average Bonchev–Trinajstić information content (AvgIpc) is 2.96. The van der Waals surface area contributed by atoms with E-state index in [1.54, 1.807) is 6.07 Å². The van der Waals surface area contributed by atoms with Gasteiger partial charge in [0.05, 0.1) is 5.69 Å². The van der Waals surface area contributed by atoms with Crippen LogP contribution >= 0.6 is 0 Å². The molecule has 0 aromatic heterocycles. The number of hydrogen-bond acceptors (Lipinski definition) is 2. The van der Waals surface area contributed by atoms with Gasteiger partial charge in [-0.15, -0.1) is 0 Å². The molecule has 3 nitrogen and oxygen atoms in total. The van der Waals surface area contributed by atoms with Gasteiger partial charge in [-0.05, 0) is 24.5 Å². The predicted molar refractivity (Wildman–Crippen MR) is 57.0 cm³/mol. The van der Waals surface area contributed by atoms with Gasteiger partial charge in [0.25, 0.3) is 0 Å². The number of amides is 1. The predicted octanol–water partition coefficient (Wildman–Crippen LogP) is 2.29. The first-order chi connectivity index (χ1) is 7.63. The van der Waals surface area contributed by atoms with Crippen molar-refractivity contribution in [2.24, 2.45) is 11.8 Å². The number of anilines is 1. The number of halogens is 1. The Balaban J connectivity index is 2.19. The minimum atomic E-state index is -0.607. The Morgan fingerprint density at radius 2 is 2.31 bits per heavy atom. The third kappa shape index (κ3) is 1.89. The van der Waals surface area contributed by atoms with Crippen molar-refractivity contribution in [1.29, 1.82) is 5.26 Å². The largest absolute Gasteiger partial charge is 0.325 e. The van der Waals surface area contributed by atoms with Gasteiger partial charge in [0.1, 0.15) is 17.4 Å². The van der Waals surface area contributed by atoms with E-state index in [0.29, 0.717) is 5.92 Å². The van der Waals surface area contributed by atoms with Crippen LogP contribution in [0.15, 0.2) is 18.2 Å². The number of carbonyl (C=O) groups excluding carboxylic acids is 1. The van der Waals surface area contributed by atoms with E-state index in [9.17, 15) is 9.18 Å². The summed E-state index contributed by atoms with van der Waals surface area (Å²) in [6.07, 6.45) is 0.864. The second-order valence-corrected chi connectivity index (χ2v) is 4.08. The third-order valence-corrected chi connectivity index (χ3v) is 2.83. The summed E-state index contributed by atoms with van der Waals surface area (Å²) in [5.41, 5.74) is 0.149. The molecular formula is C12H11FN2O. The van der Waals surface area contributed by atoms with Crippen molar-refractivity contribution >= 4 is 11.6 Å². The maximum Gasteiger partial charge on any atom is 0.227 e. The Bertz CT molecular complexity index is 478. The first-order valence-corrected chi connectivity index (χ1v) is 5.13. The number of nitriles is 1. The first kappa shape index (κ1) is 10.6. The summed E-state index contributed by atoms with van der Waals surface area (Å²) in [5.74, 6) is -0.340. The molecule has 1 aromatic carbocycles. The molecule has 1 N–H and O–H groups in total. The van der Waals surface area contributed by atoms with Crippen molar-refractivity contribution in [3.8, 4) is 6.07 Å². The molecule has 2 rings (SSSR count). The molecule has 0 bridgehead atoms. The molecule has 16 heavy (non-hydrogen) atoms.